The summed E-state index contributed by atoms with van der Waals surface area (Å²) in [5, 5.41) is 24.0. The molecule has 9 heteroatoms. The third kappa shape index (κ3) is 4.04. The number of amides is 2. The first-order valence-corrected chi connectivity index (χ1v) is 6.22. The van der Waals surface area contributed by atoms with Crippen LogP contribution in [0.4, 0.5) is 11.5 Å². The number of nitrogens with one attached hydrogen (secondary N) is 2. The van der Waals surface area contributed by atoms with Crippen LogP contribution in [0.25, 0.3) is 0 Å². The van der Waals surface area contributed by atoms with E-state index in [4.69, 9.17) is 0 Å². The lowest BCUT2D eigenvalue weighted by Crippen LogP contribution is -2.45. The highest BCUT2D eigenvalue weighted by molar-refractivity contribution is 6.01. The maximum atomic E-state index is 11.8. The second kappa shape index (κ2) is 7.20. The Morgan fingerprint density at radius 3 is 2.09 bits per heavy atom. The molecular weight excluding hydrogens is 290 g/mol. The van der Waals surface area contributed by atoms with Gasteiger partial charge in [-0.1, -0.05) is 0 Å². The van der Waals surface area contributed by atoms with Crippen LogP contribution in [-0.4, -0.2) is 49.2 Å². The number of aliphatic hydroxyl groups excluding tert-OH is 2. The largest absolute Gasteiger partial charge is 0.380 e. The average molecular weight is 303 g/mol. The van der Waals surface area contributed by atoms with E-state index in [2.05, 4.69) is 25.6 Å². The van der Waals surface area contributed by atoms with Crippen LogP contribution in [0.5, 0.6) is 0 Å². The first-order chi connectivity index (χ1) is 10.6. The fourth-order valence-corrected chi connectivity index (χ4v) is 1.50. The summed E-state index contributed by atoms with van der Waals surface area (Å²) in [4.78, 5) is 34.7. The molecule has 2 atom stereocenters. The van der Waals surface area contributed by atoms with E-state index in [1.165, 1.54) is 43.1 Å². The topological polar surface area (TPSA) is 137 Å². The normalized spacial score (nSPS) is 13.0. The molecule has 0 aliphatic rings. The standard InChI is InChI=1S/C13H13N5O4/c19-10(12(21)17-8-1-4-14-5-2-8)11(20)13(22)18-9-3-6-15-7-16-9/h1-7,10-11,19-20H,(H,14,17,21)(H,15,16,18,22). The van der Waals surface area contributed by atoms with Crippen molar-refractivity contribution in [1.82, 2.24) is 15.0 Å². The second-order valence-corrected chi connectivity index (χ2v) is 4.20. The number of carbonyl (C=O) groups excluding carboxylic acids is 2. The molecule has 0 fully saturated rings. The van der Waals surface area contributed by atoms with Crippen molar-refractivity contribution in [2.45, 2.75) is 12.2 Å². The lowest BCUT2D eigenvalue weighted by molar-refractivity contribution is -0.139. The molecule has 2 rings (SSSR count). The monoisotopic (exact) mass is 303 g/mol. The number of anilines is 2. The molecule has 0 aliphatic heterocycles. The molecule has 2 unspecified atom stereocenters. The van der Waals surface area contributed by atoms with Crippen LogP contribution in [0, 0.1) is 0 Å². The summed E-state index contributed by atoms with van der Waals surface area (Å²) < 4.78 is 0. The van der Waals surface area contributed by atoms with Gasteiger partial charge in [0.05, 0.1) is 0 Å². The molecule has 2 aromatic rings. The molecule has 0 aromatic carbocycles. The van der Waals surface area contributed by atoms with E-state index in [9.17, 15) is 19.8 Å². The number of pyridine rings is 1. The number of aliphatic hydroxyl groups is 2. The summed E-state index contributed by atoms with van der Waals surface area (Å²) in [6, 6.07) is 4.39. The highest BCUT2D eigenvalue weighted by Gasteiger charge is 2.30. The molecule has 0 radical (unpaired) electrons. The van der Waals surface area contributed by atoms with Crippen LogP contribution in [0.3, 0.4) is 0 Å². The highest BCUT2D eigenvalue weighted by Crippen LogP contribution is 2.07. The average Bonchev–Trinajstić information content (AvgIpc) is 2.55. The number of hydrogen-bond donors (Lipinski definition) is 4. The van der Waals surface area contributed by atoms with E-state index >= 15 is 0 Å². The molecule has 0 saturated carbocycles. The van der Waals surface area contributed by atoms with Gasteiger partial charge in [-0.25, -0.2) is 9.97 Å². The zero-order chi connectivity index (χ0) is 15.9. The molecule has 0 bridgehead atoms. The second-order valence-electron chi connectivity index (χ2n) is 4.20. The lowest BCUT2D eigenvalue weighted by atomic mass is 10.1. The van der Waals surface area contributed by atoms with Gasteiger partial charge in [0.1, 0.15) is 12.1 Å². The quantitative estimate of drug-likeness (QED) is 0.565. The van der Waals surface area contributed by atoms with Gasteiger partial charge in [-0.15, -0.1) is 0 Å². The number of rotatable bonds is 5. The predicted octanol–water partition coefficient (Wildman–Crippen LogP) is -0.829. The molecule has 9 nitrogen and oxygen atoms in total. The van der Waals surface area contributed by atoms with Crippen LogP contribution < -0.4 is 10.6 Å². The molecule has 2 heterocycles. The van der Waals surface area contributed by atoms with Crippen LogP contribution in [0.1, 0.15) is 0 Å². The molecule has 0 spiro atoms. The molecule has 4 N–H and O–H groups in total. The van der Waals surface area contributed by atoms with Gasteiger partial charge in [-0.3, -0.25) is 14.6 Å². The summed E-state index contributed by atoms with van der Waals surface area (Å²) >= 11 is 0. The van der Waals surface area contributed by atoms with Gasteiger partial charge in [0.15, 0.2) is 12.2 Å². The number of aromatic nitrogens is 3. The van der Waals surface area contributed by atoms with Crippen LogP contribution in [0.2, 0.25) is 0 Å². The molecule has 2 aromatic heterocycles. The van der Waals surface area contributed by atoms with Crippen molar-refractivity contribution in [1.29, 1.82) is 0 Å². The van der Waals surface area contributed by atoms with Crippen molar-refractivity contribution in [2.75, 3.05) is 10.6 Å². The number of nitrogens with zero attached hydrogens (tertiary/aromatic N) is 3. The van der Waals surface area contributed by atoms with E-state index in [1.54, 1.807) is 0 Å². The van der Waals surface area contributed by atoms with Crippen LogP contribution >= 0.6 is 0 Å². The Kier molecular flexibility index (Phi) is 5.07. The number of carbonyl (C=O) groups is 2. The Bertz CT molecular complexity index is 580. The maximum absolute atomic E-state index is 11.8. The molecule has 22 heavy (non-hydrogen) atoms. The Morgan fingerprint density at radius 1 is 0.909 bits per heavy atom. The van der Waals surface area contributed by atoms with Gasteiger partial charge in [-0.2, -0.15) is 0 Å². The van der Waals surface area contributed by atoms with Gasteiger partial charge < -0.3 is 20.8 Å². The Labute approximate surface area is 125 Å². The zero-order valence-electron chi connectivity index (χ0n) is 11.2. The first-order valence-electron chi connectivity index (χ1n) is 6.22. The van der Waals surface area contributed by atoms with Crippen molar-refractivity contribution in [3.63, 3.8) is 0 Å². The van der Waals surface area contributed by atoms with Crippen molar-refractivity contribution in [3.05, 3.63) is 43.1 Å². The number of hydrogen-bond acceptors (Lipinski definition) is 7. The Hall–Kier alpha value is -2.91. The summed E-state index contributed by atoms with van der Waals surface area (Å²) in [5.41, 5.74) is 0.377. The Morgan fingerprint density at radius 2 is 1.50 bits per heavy atom. The van der Waals surface area contributed by atoms with Crippen LogP contribution in [-0.2, 0) is 9.59 Å². The molecular formula is C13H13N5O4. The summed E-state index contributed by atoms with van der Waals surface area (Å²) in [6.45, 7) is 0. The van der Waals surface area contributed by atoms with Crippen molar-refractivity contribution >= 4 is 23.3 Å². The van der Waals surface area contributed by atoms with Crippen molar-refractivity contribution < 1.29 is 19.8 Å². The van der Waals surface area contributed by atoms with Gasteiger partial charge in [0, 0.05) is 24.3 Å². The Balaban J connectivity index is 1.94. The SMILES string of the molecule is O=C(Nc1ccncc1)C(O)C(O)C(=O)Nc1ccncn1. The minimum atomic E-state index is -1.95. The van der Waals surface area contributed by atoms with E-state index in [0.717, 1.165) is 0 Å². The van der Waals surface area contributed by atoms with Gasteiger partial charge in [0.2, 0.25) is 0 Å². The van der Waals surface area contributed by atoms with Gasteiger partial charge in [-0.05, 0) is 18.2 Å². The van der Waals surface area contributed by atoms with E-state index in [-0.39, 0.29) is 5.82 Å². The summed E-state index contributed by atoms with van der Waals surface area (Å²) in [5.74, 6) is -1.74. The van der Waals surface area contributed by atoms with E-state index < -0.39 is 24.0 Å². The minimum Gasteiger partial charge on any atom is -0.380 e. The van der Waals surface area contributed by atoms with E-state index in [0.29, 0.717) is 5.69 Å². The van der Waals surface area contributed by atoms with Gasteiger partial charge >= 0.3 is 0 Å². The van der Waals surface area contributed by atoms with Crippen molar-refractivity contribution in [2.24, 2.45) is 0 Å². The van der Waals surface area contributed by atoms with Crippen LogP contribution in [0.15, 0.2) is 43.1 Å². The maximum Gasteiger partial charge on any atom is 0.257 e. The third-order valence-electron chi connectivity index (χ3n) is 2.62. The molecule has 2 amide bonds. The van der Waals surface area contributed by atoms with E-state index in [1.807, 2.05) is 0 Å². The molecule has 0 saturated heterocycles. The highest BCUT2D eigenvalue weighted by atomic mass is 16.3. The lowest BCUT2D eigenvalue weighted by Gasteiger charge is -2.16. The summed E-state index contributed by atoms with van der Waals surface area (Å²) in [7, 11) is 0. The van der Waals surface area contributed by atoms with Crippen molar-refractivity contribution in [3.8, 4) is 0 Å². The molecule has 0 aliphatic carbocycles. The smallest absolute Gasteiger partial charge is 0.257 e. The zero-order valence-corrected chi connectivity index (χ0v) is 11.2. The van der Waals surface area contributed by atoms with Gasteiger partial charge in [0.25, 0.3) is 11.8 Å². The fourth-order valence-electron chi connectivity index (χ4n) is 1.50. The summed E-state index contributed by atoms with van der Waals surface area (Å²) in [6.07, 6.45) is 1.60. The molecule has 114 valence electrons. The minimum absolute atomic E-state index is 0.140. The predicted molar refractivity (Wildman–Crippen MR) is 75.5 cm³/mol. The third-order valence-corrected chi connectivity index (χ3v) is 2.62. The fraction of sp³-hybridized carbons (Fsp3) is 0.154. The first kappa shape index (κ1) is 15.5.